The molecule has 3 nitrogen and oxygen atoms in total. The third kappa shape index (κ3) is 4.11. The van der Waals surface area contributed by atoms with Crippen LogP contribution in [-0.2, 0) is 17.5 Å². The van der Waals surface area contributed by atoms with Gasteiger partial charge in [-0.15, -0.1) is 0 Å². The lowest BCUT2D eigenvalue weighted by Gasteiger charge is -2.24. The molecule has 108 valence electrons. The van der Waals surface area contributed by atoms with Gasteiger partial charge in [-0.05, 0) is 24.6 Å². The van der Waals surface area contributed by atoms with Crippen LogP contribution in [0.1, 0.15) is 18.1 Å². The van der Waals surface area contributed by atoms with Gasteiger partial charge in [0.15, 0.2) is 0 Å². The third-order valence-electron chi connectivity index (χ3n) is 2.93. The maximum atomic E-state index is 12.9. The fourth-order valence-corrected chi connectivity index (χ4v) is 1.87. The maximum Gasteiger partial charge on any atom is 0.416 e. The molecule has 0 unspecified atom stereocenters. The van der Waals surface area contributed by atoms with Gasteiger partial charge >= 0.3 is 6.18 Å². The van der Waals surface area contributed by atoms with Gasteiger partial charge in [0.1, 0.15) is 0 Å². The first kappa shape index (κ1) is 15.8. The molecule has 0 fully saturated rings. The van der Waals surface area contributed by atoms with Crippen LogP contribution in [0.25, 0.3) is 0 Å². The Morgan fingerprint density at radius 1 is 1.32 bits per heavy atom. The molecule has 0 saturated carbocycles. The molecular formula is C13H19F3N2O. The Kier molecular flexibility index (Phi) is 5.62. The number of ether oxygens (including phenoxy) is 1. The van der Waals surface area contributed by atoms with Gasteiger partial charge in [-0.2, -0.15) is 13.2 Å². The van der Waals surface area contributed by atoms with Crippen LogP contribution in [0.3, 0.4) is 0 Å². The molecule has 0 aliphatic carbocycles. The van der Waals surface area contributed by atoms with E-state index in [4.69, 9.17) is 10.5 Å². The Bertz CT molecular complexity index is 407. The second-order valence-corrected chi connectivity index (χ2v) is 4.12. The van der Waals surface area contributed by atoms with Crippen molar-refractivity contribution in [2.75, 3.05) is 31.7 Å². The van der Waals surface area contributed by atoms with Gasteiger partial charge in [0, 0.05) is 32.4 Å². The van der Waals surface area contributed by atoms with Gasteiger partial charge in [0.05, 0.1) is 12.2 Å². The molecule has 1 aromatic rings. The SMILES string of the molecule is CCN(CCOC)c1ccc(CN)c(C(F)(F)F)c1. The summed E-state index contributed by atoms with van der Waals surface area (Å²) in [6.45, 7) is 3.39. The fraction of sp³-hybridized carbons (Fsp3) is 0.538. The predicted octanol–water partition coefficient (Wildman–Crippen LogP) is 2.64. The highest BCUT2D eigenvalue weighted by Crippen LogP contribution is 2.34. The highest BCUT2D eigenvalue weighted by atomic mass is 19.4. The zero-order valence-electron chi connectivity index (χ0n) is 11.1. The van der Waals surface area contributed by atoms with E-state index in [-0.39, 0.29) is 12.1 Å². The van der Waals surface area contributed by atoms with Crippen LogP contribution >= 0.6 is 0 Å². The van der Waals surface area contributed by atoms with E-state index in [1.807, 2.05) is 11.8 Å². The average Bonchev–Trinajstić information content (AvgIpc) is 2.38. The van der Waals surface area contributed by atoms with Gasteiger partial charge in [-0.1, -0.05) is 6.07 Å². The van der Waals surface area contributed by atoms with Crippen LogP contribution in [0.4, 0.5) is 18.9 Å². The minimum absolute atomic E-state index is 0.110. The van der Waals surface area contributed by atoms with E-state index in [2.05, 4.69) is 0 Å². The molecule has 0 amide bonds. The smallest absolute Gasteiger partial charge is 0.383 e. The molecule has 0 atom stereocenters. The summed E-state index contributed by atoms with van der Waals surface area (Å²) < 4.78 is 43.8. The molecule has 0 bridgehead atoms. The summed E-state index contributed by atoms with van der Waals surface area (Å²) in [4.78, 5) is 1.83. The topological polar surface area (TPSA) is 38.5 Å². The van der Waals surface area contributed by atoms with Crippen LogP contribution in [0.5, 0.6) is 0 Å². The van der Waals surface area contributed by atoms with E-state index >= 15 is 0 Å². The maximum absolute atomic E-state index is 12.9. The molecule has 6 heteroatoms. The normalized spacial score (nSPS) is 11.7. The van der Waals surface area contributed by atoms with Crippen LogP contribution in [0.2, 0.25) is 0 Å². The van der Waals surface area contributed by atoms with Crippen molar-refractivity contribution in [2.45, 2.75) is 19.6 Å². The van der Waals surface area contributed by atoms with Crippen molar-refractivity contribution in [1.82, 2.24) is 0 Å². The lowest BCUT2D eigenvalue weighted by atomic mass is 10.1. The largest absolute Gasteiger partial charge is 0.416 e. The summed E-state index contributed by atoms with van der Waals surface area (Å²) in [6, 6.07) is 4.26. The Hall–Kier alpha value is -1.27. The van der Waals surface area contributed by atoms with Gasteiger partial charge in [-0.25, -0.2) is 0 Å². The minimum atomic E-state index is -4.38. The molecule has 0 heterocycles. The van der Waals surface area contributed by atoms with E-state index in [0.717, 1.165) is 6.07 Å². The van der Waals surface area contributed by atoms with Crippen molar-refractivity contribution in [3.63, 3.8) is 0 Å². The first-order chi connectivity index (χ1) is 8.93. The third-order valence-corrected chi connectivity index (χ3v) is 2.93. The van der Waals surface area contributed by atoms with Crippen molar-refractivity contribution in [3.8, 4) is 0 Å². The summed E-state index contributed by atoms with van der Waals surface area (Å²) >= 11 is 0. The van der Waals surface area contributed by atoms with Gasteiger partial charge < -0.3 is 15.4 Å². The Labute approximate surface area is 111 Å². The average molecular weight is 276 g/mol. The standard InChI is InChI=1S/C13H19F3N2O/c1-3-18(6-7-19-2)11-5-4-10(9-17)12(8-11)13(14,15)16/h4-5,8H,3,6-7,9,17H2,1-2H3. The molecule has 2 N–H and O–H groups in total. The Balaban J connectivity index is 3.09. The van der Waals surface area contributed by atoms with Crippen LogP contribution in [0.15, 0.2) is 18.2 Å². The van der Waals surface area contributed by atoms with Gasteiger partial charge in [0.25, 0.3) is 0 Å². The molecule has 0 aromatic heterocycles. The van der Waals surface area contributed by atoms with Crippen molar-refractivity contribution in [3.05, 3.63) is 29.3 Å². The number of hydrogen-bond acceptors (Lipinski definition) is 3. The first-order valence-corrected chi connectivity index (χ1v) is 6.08. The molecule has 0 aliphatic heterocycles. The second-order valence-electron chi connectivity index (χ2n) is 4.12. The number of nitrogens with two attached hydrogens (primary N) is 1. The van der Waals surface area contributed by atoms with E-state index < -0.39 is 11.7 Å². The van der Waals surface area contributed by atoms with Crippen LogP contribution < -0.4 is 10.6 Å². The van der Waals surface area contributed by atoms with Gasteiger partial charge in [-0.3, -0.25) is 0 Å². The van der Waals surface area contributed by atoms with E-state index in [1.165, 1.54) is 6.07 Å². The number of benzene rings is 1. The molecule has 1 aromatic carbocycles. The van der Waals surface area contributed by atoms with E-state index in [1.54, 1.807) is 13.2 Å². The number of methoxy groups -OCH3 is 1. The van der Waals surface area contributed by atoms with Gasteiger partial charge in [0.2, 0.25) is 0 Å². The summed E-state index contributed by atoms with van der Waals surface area (Å²) in [5.74, 6) is 0. The van der Waals surface area contributed by atoms with E-state index in [9.17, 15) is 13.2 Å². The van der Waals surface area contributed by atoms with Crippen LogP contribution in [-0.4, -0.2) is 26.8 Å². The summed E-state index contributed by atoms with van der Waals surface area (Å²) in [7, 11) is 1.56. The number of alkyl halides is 3. The lowest BCUT2D eigenvalue weighted by molar-refractivity contribution is -0.138. The van der Waals surface area contributed by atoms with Crippen molar-refractivity contribution >= 4 is 5.69 Å². The molecule has 0 aliphatic rings. The second kappa shape index (κ2) is 6.77. The molecule has 0 saturated heterocycles. The van der Waals surface area contributed by atoms with Crippen molar-refractivity contribution in [1.29, 1.82) is 0 Å². The zero-order valence-corrected chi connectivity index (χ0v) is 11.1. The summed E-state index contributed by atoms with van der Waals surface area (Å²) in [5, 5.41) is 0. The minimum Gasteiger partial charge on any atom is -0.383 e. The highest BCUT2D eigenvalue weighted by Gasteiger charge is 2.33. The first-order valence-electron chi connectivity index (χ1n) is 6.08. The van der Waals surface area contributed by atoms with Crippen molar-refractivity contribution < 1.29 is 17.9 Å². The number of halogens is 3. The van der Waals surface area contributed by atoms with Crippen molar-refractivity contribution in [2.24, 2.45) is 5.73 Å². The monoisotopic (exact) mass is 276 g/mol. The lowest BCUT2D eigenvalue weighted by Crippen LogP contribution is -2.27. The Morgan fingerprint density at radius 2 is 2.00 bits per heavy atom. The zero-order chi connectivity index (χ0) is 14.5. The highest BCUT2D eigenvalue weighted by molar-refractivity contribution is 5.52. The molecule has 19 heavy (non-hydrogen) atoms. The number of rotatable bonds is 6. The number of nitrogens with zero attached hydrogens (tertiary/aromatic N) is 1. The predicted molar refractivity (Wildman–Crippen MR) is 69.1 cm³/mol. The van der Waals surface area contributed by atoms with Crippen LogP contribution in [0, 0.1) is 0 Å². The number of hydrogen-bond donors (Lipinski definition) is 1. The summed E-state index contributed by atoms with van der Waals surface area (Å²) in [5.41, 5.74) is 5.33. The quantitative estimate of drug-likeness (QED) is 0.868. The molecule has 0 spiro atoms. The Morgan fingerprint density at radius 3 is 2.47 bits per heavy atom. The molecular weight excluding hydrogens is 257 g/mol. The summed E-state index contributed by atoms with van der Waals surface area (Å²) in [6.07, 6.45) is -4.38. The fourth-order valence-electron chi connectivity index (χ4n) is 1.87. The number of anilines is 1. The van der Waals surface area contributed by atoms with E-state index in [0.29, 0.717) is 25.4 Å². The number of likely N-dealkylation sites (N-methyl/N-ethyl adjacent to an activating group) is 1. The molecule has 0 radical (unpaired) electrons. The molecule has 1 rings (SSSR count).